The lowest BCUT2D eigenvalue weighted by Crippen LogP contribution is -2.44. The maximum Gasteiger partial charge on any atom is 0.257 e. The number of carbonyl (C=O) groups is 2. The number of piperazine rings is 1. The number of nitrogens with zero attached hydrogens (tertiary/aromatic N) is 4. The van der Waals surface area contributed by atoms with Crippen molar-refractivity contribution >= 4 is 23.3 Å². The summed E-state index contributed by atoms with van der Waals surface area (Å²) < 4.78 is 0. The minimum atomic E-state index is -0.376. The van der Waals surface area contributed by atoms with Gasteiger partial charge in [0.15, 0.2) is 5.78 Å². The van der Waals surface area contributed by atoms with Gasteiger partial charge in [0.2, 0.25) is 0 Å². The molecule has 3 aromatic rings. The molecule has 1 N–H and O–H groups in total. The number of ketones is 1. The summed E-state index contributed by atoms with van der Waals surface area (Å²) in [6, 6.07) is 15.9. The second-order valence-electron chi connectivity index (χ2n) is 7.75. The molecule has 1 amide bonds. The summed E-state index contributed by atoms with van der Waals surface area (Å²) in [6.07, 6.45) is 1.45. The molecular weight excluding hydrogens is 390 g/mol. The molecule has 1 aromatic heterocycles. The van der Waals surface area contributed by atoms with Crippen LogP contribution in [0.4, 0.5) is 11.6 Å². The standard InChI is InChI=1S/C24H25N5O2/c1-17-7-9-18(10-8-17)23(30)19-5-3-4-6-20(19)24(31)27-21-15-22(26-16-25-21)29-13-11-28(2)12-14-29/h3-10,15-16H,11-14H2,1-2H3,(H,25,26,27,31). The van der Waals surface area contributed by atoms with E-state index in [9.17, 15) is 9.59 Å². The Morgan fingerprint density at radius 1 is 0.903 bits per heavy atom. The fourth-order valence-electron chi connectivity index (χ4n) is 3.55. The van der Waals surface area contributed by atoms with Crippen molar-refractivity contribution in [1.29, 1.82) is 0 Å². The zero-order valence-electron chi connectivity index (χ0n) is 17.7. The van der Waals surface area contributed by atoms with Gasteiger partial charge in [-0.25, -0.2) is 9.97 Å². The molecule has 0 aliphatic carbocycles. The number of carbonyl (C=O) groups excluding carboxylic acids is 2. The fourth-order valence-corrected chi connectivity index (χ4v) is 3.55. The van der Waals surface area contributed by atoms with E-state index in [1.165, 1.54) is 6.33 Å². The van der Waals surface area contributed by atoms with Crippen LogP contribution in [0, 0.1) is 6.92 Å². The van der Waals surface area contributed by atoms with Gasteiger partial charge in [-0.3, -0.25) is 9.59 Å². The number of hydrogen-bond acceptors (Lipinski definition) is 6. The average molecular weight is 415 g/mol. The van der Waals surface area contributed by atoms with Gasteiger partial charge >= 0.3 is 0 Å². The van der Waals surface area contributed by atoms with Crippen LogP contribution in [0.15, 0.2) is 60.9 Å². The first kappa shape index (κ1) is 20.7. The van der Waals surface area contributed by atoms with Crippen LogP contribution in [-0.2, 0) is 0 Å². The molecule has 0 atom stereocenters. The summed E-state index contributed by atoms with van der Waals surface area (Å²) >= 11 is 0. The Kier molecular flexibility index (Phi) is 6.04. The van der Waals surface area contributed by atoms with E-state index in [1.807, 2.05) is 19.1 Å². The predicted molar refractivity (Wildman–Crippen MR) is 121 cm³/mol. The molecule has 1 saturated heterocycles. The van der Waals surface area contributed by atoms with Crippen LogP contribution in [0.2, 0.25) is 0 Å². The van der Waals surface area contributed by atoms with Gasteiger partial charge in [0.25, 0.3) is 5.91 Å². The van der Waals surface area contributed by atoms with Crippen molar-refractivity contribution in [3.05, 3.63) is 83.2 Å². The van der Waals surface area contributed by atoms with Crippen molar-refractivity contribution in [3.63, 3.8) is 0 Å². The third-order valence-corrected chi connectivity index (χ3v) is 5.45. The Bertz CT molecular complexity index is 1090. The highest BCUT2D eigenvalue weighted by molar-refractivity contribution is 6.17. The molecule has 7 heteroatoms. The number of nitrogens with one attached hydrogen (secondary N) is 1. The largest absolute Gasteiger partial charge is 0.354 e. The minimum absolute atomic E-state index is 0.188. The van der Waals surface area contributed by atoms with E-state index in [0.717, 1.165) is 37.6 Å². The summed E-state index contributed by atoms with van der Waals surface area (Å²) in [7, 11) is 2.10. The van der Waals surface area contributed by atoms with E-state index in [-0.39, 0.29) is 11.7 Å². The molecule has 0 bridgehead atoms. The number of anilines is 2. The molecule has 0 radical (unpaired) electrons. The van der Waals surface area contributed by atoms with Gasteiger partial charge in [0.05, 0.1) is 5.56 Å². The SMILES string of the molecule is Cc1ccc(C(=O)c2ccccc2C(=O)Nc2cc(N3CCN(C)CC3)ncn2)cc1. The zero-order valence-corrected chi connectivity index (χ0v) is 17.7. The number of benzene rings is 2. The van der Waals surface area contributed by atoms with Crippen molar-refractivity contribution in [2.45, 2.75) is 6.92 Å². The summed E-state index contributed by atoms with van der Waals surface area (Å²) in [6.45, 7) is 5.62. The van der Waals surface area contributed by atoms with E-state index in [4.69, 9.17) is 0 Å². The summed E-state index contributed by atoms with van der Waals surface area (Å²) in [5.74, 6) is 0.625. The van der Waals surface area contributed by atoms with Crippen LogP contribution in [0.5, 0.6) is 0 Å². The Hall–Kier alpha value is -3.58. The van der Waals surface area contributed by atoms with Gasteiger partial charge in [0.1, 0.15) is 18.0 Å². The van der Waals surface area contributed by atoms with Crippen LogP contribution < -0.4 is 10.2 Å². The number of aromatic nitrogens is 2. The van der Waals surface area contributed by atoms with Crippen molar-refractivity contribution in [2.75, 3.05) is 43.4 Å². The molecule has 0 spiro atoms. The van der Waals surface area contributed by atoms with Crippen LogP contribution in [0.3, 0.4) is 0 Å². The van der Waals surface area contributed by atoms with Crippen molar-refractivity contribution in [2.24, 2.45) is 0 Å². The first-order valence-electron chi connectivity index (χ1n) is 10.3. The Morgan fingerprint density at radius 3 is 2.29 bits per heavy atom. The summed E-state index contributed by atoms with van der Waals surface area (Å²) in [5, 5.41) is 2.82. The molecule has 2 heterocycles. The summed E-state index contributed by atoms with van der Waals surface area (Å²) in [5.41, 5.74) is 2.29. The normalized spacial score (nSPS) is 14.3. The first-order valence-corrected chi connectivity index (χ1v) is 10.3. The third kappa shape index (κ3) is 4.78. The third-order valence-electron chi connectivity index (χ3n) is 5.45. The molecule has 158 valence electrons. The van der Waals surface area contributed by atoms with E-state index in [1.54, 1.807) is 42.5 Å². The van der Waals surface area contributed by atoms with Crippen LogP contribution in [-0.4, -0.2) is 59.8 Å². The number of hydrogen-bond donors (Lipinski definition) is 1. The zero-order chi connectivity index (χ0) is 21.8. The topological polar surface area (TPSA) is 78.4 Å². The lowest BCUT2D eigenvalue weighted by atomic mass is 9.97. The highest BCUT2D eigenvalue weighted by Gasteiger charge is 2.20. The van der Waals surface area contributed by atoms with Gasteiger partial charge < -0.3 is 15.1 Å². The van der Waals surface area contributed by atoms with E-state index in [2.05, 4.69) is 32.1 Å². The summed E-state index contributed by atoms with van der Waals surface area (Å²) in [4.78, 5) is 39.0. The highest BCUT2D eigenvalue weighted by atomic mass is 16.2. The maximum absolute atomic E-state index is 13.0. The van der Waals surface area contributed by atoms with Crippen LogP contribution >= 0.6 is 0 Å². The van der Waals surface area contributed by atoms with E-state index in [0.29, 0.717) is 22.5 Å². The lowest BCUT2D eigenvalue weighted by Gasteiger charge is -2.33. The van der Waals surface area contributed by atoms with Gasteiger partial charge in [-0.2, -0.15) is 0 Å². The smallest absolute Gasteiger partial charge is 0.257 e. The second kappa shape index (κ2) is 9.06. The molecule has 31 heavy (non-hydrogen) atoms. The van der Waals surface area contributed by atoms with Crippen molar-refractivity contribution in [3.8, 4) is 0 Å². The fraction of sp³-hybridized carbons (Fsp3) is 0.250. The van der Waals surface area contributed by atoms with Crippen molar-refractivity contribution in [1.82, 2.24) is 14.9 Å². The van der Waals surface area contributed by atoms with E-state index < -0.39 is 0 Å². The number of rotatable bonds is 5. The first-order chi connectivity index (χ1) is 15.0. The molecule has 1 aliphatic heterocycles. The molecule has 1 aliphatic rings. The molecule has 4 rings (SSSR count). The minimum Gasteiger partial charge on any atom is -0.354 e. The number of amides is 1. The Labute approximate surface area is 181 Å². The molecular formula is C24H25N5O2. The Balaban J connectivity index is 1.54. The highest BCUT2D eigenvalue weighted by Crippen LogP contribution is 2.19. The van der Waals surface area contributed by atoms with Crippen LogP contribution in [0.25, 0.3) is 0 Å². The maximum atomic E-state index is 13.0. The van der Waals surface area contributed by atoms with E-state index >= 15 is 0 Å². The average Bonchev–Trinajstić information content (AvgIpc) is 2.80. The Morgan fingerprint density at radius 2 is 1.58 bits per heavy atom. The molecule has 7 nitrogen and oxygen atoms in total. The number of aryl methyl sites for hydroxylation is 1. The number of likely N-dealkylation sites (N-methyl/N-ethyl adjacent to an activating group) is 1. The lowest BCUT2D eigenvalue weighted by molar-refractivity contribution is 0.0996. The quantitative estimate of drug-likeness (QED) is 0.646. The van der Waals surface area contributed by atoms with Gasteiger partial charge in [0, 0.05) is 43.4 Å². The van der Waals surface area contributed by atoms with Gasteiger partial charge in [-0.15, -0.1) is 0 Å². The van der Waals surface area contributed by atoms with Crippen molar-refractivity contribution < 1.29 is 9.59 Å². The van der Waals surface area contributed by atoms with Gasteiger partial charge in [-0.05, 0) is 20.0 Å². The van der Waals surface area contributed by atoms with Gasteiger partial charge in [-0.1, -0.05) is 48.0 Å². The molecule has 2 aromatic carbocycles. The molecule has 0 unspecified atom stereocenters. The van der Waals surface area contributed by atoms with Crippen LogP contribution in [0.1, 0.15) is 31.8 Å². The molecule has 0 saturated carbocycles. The predicted octanol–water partition coefficient (Wildman–Crippen LogP) is 3.02. The second-order valence-corrected chi connectivity index (χ2v) is 7.75. The monoisotopic (exact) mass is 415 g/mol. The molecule has 1 fully saturated rings.